The quantitative estimate of drug-likeness (QED) is 0.355. The normalized spacial score (nSPS) is 10.4. The molecule has 0 amide bonds. The van der Waals surface area contributed by atoms with Crippen molar-refractivity contribution in [3.8, 4) is 5.75 Å². The second-order valence-electron chi connectivity index (χ2n) is 4.79. The molecule has 0 fully saturated rings. The van der Waals surface area contributed by atoms with E-state index in [1.165, 1.54) is 38.5 Å². The van der Waals surface area contributed by atoms with Crippen LogP contribution in [0, 0.1) is 0 Å². The number of aryl methyl sites for hydroxylation is 1. The minimum absolute atomic E-state index is 0. The molecule has 0 spiro atoms. The van der Waals surface area contributed by atoms with Gasteiger partial charge in [-0.1, -0.05) is 72.3 Å². The van der Waals surface area contributed by atoms with Crippen molar-refractivity contribution in [1.82, 2.24) is 0 Å². The van der Waals surface area contributed by atoms with Gasteiger partial charge >= 0.3 is 29.6 Å². The van der Waals surface area contributed by atoms with Crippen LogP contribution < -0.4 is 43.9 Å². The van der Waals surface area contributed by atoms with E-state index in [4.69, 9.17) is 4.52 Å². The van der Waals surface area contributed by atoms with Crippen LogP contribution in [0.4, 0.5) is 0 Å². The zero-order valence-electron chi connectivity index (χ0n) is 12.6. The number of unbranched alkanes of at least 4 members (excludes halogenated alkanes) is 6. The molecule has 1 aromatic rings. The van der Waals surface area contributed by atoms with Crippen LogP contribution in [0.15, 0.2) is 24.3 Å². The average molecular weight is 305 g/mol. The summed E-state index contributed by atoms with van der Waals surface area (Å²) in [6.07, 6.45) is 9.66. The Balaban J connectivity index is 0.00000361. The molecule has 0 radical (unpaired) electrons. The fourth-order valence-corrected chi connectivity index (χ4v) is 2.49. The molecule has 0 bridgehead atoms. The Morgan fingerprint density at radius 1 is 0.950 bits per heavy atom. The van der Waals surface area contributed by atoms with Gasteiger partial charge < -0.3 is 14.3 Å². The first-order valence-electron chi connectivity index (χ1n) is 7.14. The van der Waals surface area contributed by atoms with Gasteiger partial charge in [0.05, 0.1) is 0 Å². The van der Waals surface area contributed by atoms with Crippen LogP contribution >= 0.6 is 8.60 Å². The summed E-state index contributed by atoms with van der Waals surface area (Å²) in [5.74, 6) is 0.476. The van der Waals surface area contributed by atoms with Crippen LogP contribution in [-0.4, -0.2) is 0 Å². The van der Waals surface area contributed by atoms with Crippen molar-refractivity contribution < 1.29 is 43.9 Å². The molecule has 0 heterocycles. The van der Waals surface area contributed by atoms with Gasteiger partial charge in [-0.25, -0.2) is 0 Å². The van der Waals surface area contributed by atoms with Crippen molar-refractivity contribution in [3.63, 3.8) is 0 Å². The van der Waals surface area contributed by atoms with Crippen LogP contribution in [0.1, 0.15) is 57.4 Å². The van der Waals surface area contributed by atoms with Crippen molar-refractivity contribution in [2.24, 2.45) is 0 Å². The maximum atomic E-state index is 10.6. The second kappa shape index (κ2) is 13.1. The first-order valence-corrected chi connectivity index (χ1v) is 8.24. The molecule has 0 aliphatic heterocycles. The largest absolute Gasteiger partial charge is 1.00 e. The summed E-state index contributed by atoms with van der Waals surface area (Å²) >= 11 is 0. The van der Waals surface area contributed by atoms with E-state index < -0.39 is 8.60 Å². The third-order valence-corrected chi connectivity index (χ3v) is 3.54. The van der Waals surface area contributed by atoms with Gasteiger partial charge in [0, 0.05) is 0 Å². The first-order chi connectivity index (χ1) is 9.24. The van der Waals surface area contributed by atoms with Crippen LogP contribution in [0.2, 0.25) is 0 Å². The number of benzene rings is 1. The Labute approximate surface area is 146 Å². The maximum Gasteiger partial charge on any atom is 1.00 e. The van der Waals surface area contributed by atoms with Gasteiger partial charge in [-0.15, -0.1) is 0 Å². The minimum atomic E-state index is -2.82. The van der Waals surface area contributed by atoms with E-state index in [0.29, 0.717) is 5.75 Å². The van der Waals surface area contributed by atoms with Crippen LogP contribution in [-0.2, 0) is 6.42 Å². The molecule has 108 valence electrons. The van der Waals surface area contributed by atoms with E-state index in [1.807, 2.05) is 12.1 Å². The molecule has 0 aromatic heterocycles. The molecule has 0 saturated heterocycles. The molecule has 5 heteroatoms. The summed E-state index contributed by atoms with van der Waals surface area (Å²) < 4.78 is 4.81. The van der Waals surface area contributed by atoms with Gasteiger partial charge in [0.15, 0.2) is 0 Å². The summed E-state index contributed by atoms with van der Waals surface area (Å²) in [6.45, 7) is 2.22. The smallest absolute Gasteiger partial charge is 0.810 e. The number of hydrogen-bond donors (Lipinski definition) is 0. The third-order valence-electron chi connectivity index (χ3n) is 3.20. The molecule has 1 rings (SSSR count). The summed E-state index contributed by atoms with van der Waals surface area (Å²) in [6, 6.07) is 7.36. The Morgan fingerprint density at radius 2 is 1.55 bits per heavy atom. The second-order valence-corrected chi connectivity index (χ2v) is 5.42. The van der Waals surface area contributed by atoms with Crippen LogP contribution in [0.3, 0.4) is 0 Å². The number of para-hydroxylation sites is 1. The van der Waals surface area contributed by atoms with Crippen LogP contribution in [0.5, 0.6) is 5.75 Å². The maximum absolute atomic E-state index is 10.6. The molecule has 0 atom stereocenters. The molecule has 0 N–H and O–H groups in total. The minimum Gasteiger partial charge on any atom is -0.810 e. The van der Waals surface area contributed by atoms with E-state index >= 15 is 0 Å². The summed E-state index contributed by atoms with van der Waals surface area (Å²) in [5, 5.41) is 0. The van der Waals surface area contributed by atoms with E-state index in [-0.39, 0.29) is 29.6 Å². The van der Waals surface area contributed by atoms with E-state index in [0.717, 1.165) is 18.4 Å². The molecule has 1 aromatic carbocycles. The van der Waals surface area contributed by atoms with E-state index in [1.54, 1.807) is 12.1 Å². The van der Waals surface area contributed by atoms with Gasteiger partial charge in [0.2, 0.25) is 0 Å². The molecular weight excluding hydrogens is 282 g/mol. The molecule has 0 aliphatic carbocycles. The Hall–Kier alpha value is 0.370. The average Bonchev–Trinajstić information content (AvgIpc) is 2.39. The van der Waals surface area contributed by atoms with Gasteiger partial charge in [0.25, 0.3) is 0 Å². The van der Waals surface area contributed by atoms with Crippen molar-refractivity contribution in [1.29, 1.82) is 0 Å². The number of rotatable bonds is 10. The fourth-order valence-electron chi connectivity index (χ4n) is 2.15. The first kappa shape index (κ1) is 20.4. The Morgan fingerprint density at radius 3 is 2.20 bits per heavy atom. The molecular formula is C15H23NaO3P-. The topological polar surface area (TPSA) is 55.3 Å². The Kier molecular flexibility index (Phi) is 13.3. The van der Waals surface area contributed by atoms with Crippen LogP contribution in [0.25, 0.3) is 0 Å². The summed E-state index contributed by atoms with van der Waals surface area (Å²) in [7, 11) is -2.82. The van der Waals surface area contributed by atoms with Crippen molar-refractivity contribution >= 4 is 8.60 Å². The van der Waals surface area contributed by atoms with Crippen molar-refractivity contribution in [2.75, 3.05) is 0 Å². The standard InChI is InChI=1S/C15H23O3P.Na/c1-2-3-4-5-6-7-8-11-14-12-9-10-13-15(14)18-19(16)17;/h9-10,12-13H,2-8,11H2,1H3;/q-2;+1. The summed E-state index contributed by atoms with van der Waals surface area (Å²) in [4.78, 5) is 21.2. The molecule has 3 nitrogen and oxygen atoms in total. The van der Waals surface area contributed by atoms with Crippen molar-refractivity contribution in [2.45, 2.75) is 58.3 Å². The Bertz CT molecular complexity index is 348. The zero-order valence-corrected chi connectivity index (χ0v) is 15.5. The monoisotopic (exact) mass is 305 g/mol. The zero-order chi connectivity index (χ0) is 13.9. The van der Waals surface area contributed by atoms with Gasteiger partial charge in [-0.05, 0) is 24.5 Å². The fraction of sp³-hybridized carbons (Fsp3) is 0.600. The third kappa shape index (κ3) is 9.33. The van der Waals surface area contributed by atoms with Gasteiger partial charge in [-0.2, -0.15) is 0 Å². The molecule has 0 unspecified atom stereocenters. The van der Waals surface area contributed by atoms with Gasteiger partial charge in [-0.3, -0.25) is 0 Å². The van der Waals surface area contributed by atoms with E-state index in [2.05, 4.69) is 6.92 Å². The van der Waals surface area contributed by atoms with Crippen molar-refractivity contribution in [3.05, 3.63) is 29.8 Å². The molecule has 0 saturated carbocycles. The SMILES string of the molecule is CCCCCCCCCc1ccccc1OP([O-])[O-].[Na+]. The summed E-state index contributed by atoms with van der Waals surface area (Å²) in [5.41, 5.74) is 0.982. The van der Waals surface area contributed by atoms with E-state index in [9.17, 15) is 9.79 Å². The number of hydrogen-bond acceptors (Lipinski definition) is 3. The molecule has 20 heavy (non-hydrogen) atoms. The van der Waals surface area contributed by atoms with Gasteiger partial charge in [0.1, 0.15) is 5.75 Å². The predicted molar refractivity (Wildman–Crippen MR) is 75.7 cm³/mol. The molecule has 0 aliphatic rings. The predicted octanol–water partition coefficient (Wildman–Crippen LogP) is 0.310.